The Balaban J connectivity index is 2.30. The smallest absolute Gasteiger partial charge is 0.000461 e. The van der Waals surface area contributed by atoms with Crippen molar-refractivity contribution < 1.29 is 0 Å². The minimum atomic E-state index is 1.25. The summed E-state index contributed by atoms with van der Waals surface area (Å²) < 4.78 is 2.57. The monoisotopic (exact) mass is 442 g/mol. The van der Waals surface area contributed by atoms with Crippen LogP contribution >= 0.6 is 45.2 Å². The summed E-state index contributed by atoms with van der Waals surface area (Å²) in [6.45, 7) is 0. The Morgan fingerprint density at radius 3 is 1.31 bits per heavy atom. The molecule has 0 unspecified atom stereocenters. The summed E-state index contributed by atoms with van der Waals surface area (Å²) in [6.07, 6.45) is 7.85. The topological polar surface area (TPSA) is 0 Å². The number of alkyl halides is 2. The van der Waals surface area contributed by atoms with Gasteiger partial charge in [0, 0.05) is 0 Å². The van der Waals surface area contributed by atoms with Gasteiger partial charge in [0.2, 0.25) is 0 Å². The third-order valence-electron chi connectivity index (χ3n) is 2.72. The van der Waals surface area contributed by atoms with Crippen molar-refractivity contribution in [1.82, 2.24) is 0 Å². The van der Waals surface area contributed by atoms with Crippen molar-refractivity contribution in [2.24, 2.45) is 0 Å². The number of aryl methyl sites for hydroxylation is 2. The molecule has 0 saturated carbocycles. The van der Waals surface area contributed by atoms with Crippen LogP contribution in [0, 0.1) is 0 Å². The summed E-state index contributed by atoms with van der Waals surface area (Å²) in [5.41, 5.74) is 3.00. The first-order valence-electron chi connectivity index (χ1n) is 6.06. The summed E-state index contributed by atoms with van der Waals surface area (Å²) in [5.74, 6) is 0. The highest BCUT2D eigenvalue weighted by atomic mass is 127. The number of hydrogen-bond donors (Lipinski definition) is 0. The summed E-state index contributed by atoms with van der Waals surface area (Å²) in [4.78, 5) is 0. The Hall–Kier alpha value is 0.680. The van der Waals surface area contributed by atoms with E-state index in [0.29, 0.717) is 0 Å². The molecule has 90 valence electrons. The molecule has 2 heteroatoms. The van der Waals surface area contributed by atoms with Crippen molar-refractivity contribution in [3.05, 3.63) is 35.4 Å². The van der Waals surface area contributed by atoms with Gasteiger partial charge in [-0.05, 0) is 58.5 Å². The zero-order chi connectivity index (χ0) is 11.6. The fraction of sp³-hybridized carbons (Fsp3) is 0.571. The molecule has 0 radical (unpaired) electrons. The molecule has 0 spiro atoms. The van der Waals surface area contributed by atoms with Crippen molar-refractivity contribution in [1.29, 1.82) is 0 Å². The van der Waals surface area contributed by atoms with Crippen molar-refractivity contribution in [2.45, 2.75) is 38.5 Å². The van der Waals surface area contributed by atoms with Gasteiger partial charge < -0.3 is 0 Å². The van der Waals surface area contributed by atoms with E-state index in [-0.39, 0.29) is 0 Å². The second-order valence-corrected chi connectivity index (χ2v) is 6.27. The first kappa shape index (κ1) is 14.7. The fourth-order valence-corrected chi connectivity index (χ4v) is 2.80. The molecular formula is C14H20I2. The van der Waals surface area contributed by atoms with E-state index >= 15 is 0 Å². The van der Waals surface area contributed by atoms with Crippen LogP contribution in [-0.4, -0.2) is 8.86 Å². The second-order valence-electron chi connectivity index (χ2n) is 4.11. The number of halogens is 2. The summed E-state index contributed by atoms with van der Waals surface area (Å²) >= 11 is 4.91. The van der Waals surface area contributed by atoms with Crippen LogP contribution < -0.4 is 0 Å². The van der Waals surface area contributed by atoms with Gasteiger partial charge in [-0.15, -0.1) is 0 Å². The average molecular weight is 442 g/mol. The molecule has 0 nitrogen and oxygen atoms in total. The maximum atomic E-state index is 2.45. The number of hydrogen-bond acceptors (Lipinski definition) is 0. The summed E-state index contributed by atoms with van der Waals surface area (Å²) in [6, 6.07) is 9.25. The first-order chi connectivity index (χ1) is 7.86. The van der Waals surface area contributed by atoms with Gasteiger partial charge >= 0.3 is 0 Å². The van der Waals surface area contributed by atoms with Gasteiger partial charge in [0.25, 0.3) is 0 Å². The SMILES string of the molecule is ICCCCc1ccc(CCCCI)cc1. The van der Waals surface area contributed by atoms with Gasteiger partial charge in [0.1, 0.15) is 0 Å². The zero-order valence-corrected chi connectivity index (χ0v) is 14.0. The molecular weight excluding hydrogens is 422 g/mol. The van der Waals surface area contributed by atoms with Crippen LogP contribution in [0.2, 0.25) is 0 Å². The molecule has 16 heavy (non-hydrogen) atoms. The summed E-state index contributed by atoms with van der Waals surface area (Å²) in [5, 5.41) is 0. The molecule has 0 amide bonds. The van der Waals surface area contributed by atoms with Crippen molar-refractivity contribution in [3.63, 3.8) is 0 Å². The Morgan fingerprint density at radius 2 is 1.00 bits per heavy atom. The largest absolute Gasteiger partial charge is 0.0864 e. The highest BCUT2D eigenvalue weighted by molar-refractivity contribution is 14.1. The predicted molar refractivity (Wildman–Crippen MR) is 90.1 cm³/mol. The highest BCUT2D eigenvalue weighted by Gasteiger charge is 1.95. The molecule has 0 aliphatic carbocycles. The van der Waals surface area contributed by atoms with E-state index in [1.165, 1.54) is 58.5 Å². The van der Waals surface area contributed by atoms with Gasteiger partial charge in [-0.3, -0.25) is 0 Å². The van der Waals surface area contributed by atoms with Crippen LogP contribution in [0.4, 0.5) is 0 Å². The molecule has 0 aliphatic heterocycles. The van der Waals surface area contributed by atoms with E-state index in [1.54, 1.807) is 0 Å². The van der Waals surface area contributed by atoms with Gasteiger partial charge in [-0.2, -0.15) is 0 Å². The predicted octanol–water partition coefficient (Wildman–Crippen LogP) is 5.20. The van der Waals surface area contributed by atoms with Crippen molar-refractivity contribution >= 4 is 45.2 Å². The Kier molecular flexibility index (Phi) is 8.92. The van der Waals surface area contributed by atoms with Gasteiger partial charge in [-0.1, -0.05) is 69.4 Å². The van der Waals surface area contributed by atoms with Crippen molar-refractivity contribution in [2.75, 3.05) is 8.86 Å². The number of rotatable bonds is 8. The third kappa shape index (κ3) is 6.42. The van der Waals surface area contributed by atoms with Crippen LogP contribution in [0.3, 0.4) is 0 Å². The minimum absolute atomic E-state index is 1.25. The Bertz CT molecular complexity index is 238. The van der Waals surface area contributed by atoms with Gasteiger partial charge in [0.05, 0.1) is 0 Å². The molecule has 0 aromatic heterocycles. The number of benzene rings is 1. The van der Waals surface area contributed by atoms with E-state index in [0.717, 1.165) is 0 Å². The maximum absolute atomic E-state index is 2.45. The molecule has 0 atom stereocenters. The molecule has 0 N–H and O–H groups in total. The molecule has 0 heterocycles. The molecule has 0 aliphatic rings. The van der Waals surface area contributed by atoms with Crippen LogP contribution in [-0.2, 0) is 12.8 Å². The van der Waals surface area contributed by atoms with Crippen molar-refractivity contribution in [3.8, 4) is 0 Å². The molecule has 0 saturated heterocycles. The van der Waals surface area contributed by atoms with Crippen LogP contribution in [0.25, 0.3) is 0 Å². The minimum Gasteiger partial charge on any atom is -0.0864 e. The van der Waals surface area contributed by atoms with E-state index in [2.05, 4.69) is 69.4 Å². The lowest BCUT2D eigenvalue weighted by molar-refractivity contribution is 0.799. The lowest BCUT2D eigenvalue weighted by Gasteiger charge is -2.03. The van der Waals surface area contributed by atoms with E-state index in [9.17, 15) is 0 Å². The zero-order valence-electron chi connectivity index (χ0n) is 9.72. The van der Waals surface area contributed by atoms with Crippen LogP contribution in [0.5, 0.6) is 0 Å². The molecule has 0 bridgehead atoms. The Labute approximate surface area is 127 Å². The molecule has 0 fully saturated rings. The highest BCUT2D eigenvalue weighted by Crippen LogP contribution is 2.11. The quantitative estimate of drug-likeness (QED) is 0.295. The van der Waals surface area contributed by atoms with E-state index in [1.807, 2.05) is 0 Å². The van der Waals surface area contributed by atoms with Gasteiger partial charge in [0.15, 0.2) is 0 Å². The molecule has 1 aromatic rings. The fourth-order valence-electron chi connectivity index (χ4n) is 1.72. The number of unbranched alkanes of at least 4 members (excludes halogenated alkanes) is 2. The second kappa shape index (κ2) is 9.68. The standard InChI is InChI=1S/C14H20I2/c15-11-3-1-5-13-7-9-14(10-8-13)6-2-4-12-16/h7-10H,1-6,11-12H2. The first-order valence-corrected chi connectivity index (χ1v) is 9.11. The van der Waals surface area contributed by atoms with Gasteiger partial charge in [-0.25, -0.2) is 0 Å². The maximum Gasteiger partial charge on any atom is -0.000461 e. The Morgan fingerprint density at radius 1 is 0.625 bits per heavy atom. The molecule has 1 aromatic carbocycles. The lowest BCUT2D eigenvalue weighted by atomic mass is 10.0. The normalized spacial score (nSPS) is 10.6. The van der Waals surface area contributed by atoms with E-state index in [4.69, 9.17) is 0 Å². The average Bonchev–Trinajstić information content (AvgIpc) is 2.32. The third-order valence-corrected chi connectivity index (χ3v) is 4.25. The van der Waals surface area contributed by atoms with Crippen LogP contribution in [0.1, 0.15) is 36.8 Å². The summed E-state index contributed by atoms with van der Waals surface area (Å²) in [7, 11) is 0. The molecule has 1 rings (SSSR count). The van der Waals surface area contributed by atoms with Crippen LogP contribution in [0.15, 0.2) is 24.3 Å². The van der Waals surface area contributed by atoms with E-state index < -0.39 is 0 Å². The lowest BCUT2D eigenvalue weighted by Crippen LogP contribution is -1.89.